The van der Waals surface area contributed by atoms with Crippen molar-refractivity contribution in [3.63, 3.8) is 0 Å². The van der Waals surface area contributed by atoms with Crippen LogP contribution >= 0.6 is 23.2 Å². The Labute approximate surface area is 150 Å². The van der Waals surface area contributed by atoms with Gasteiger partial charge in [0.15, 0.2) is 0 Å². The second kappa shape index (κ2) is 5.92. The van der Waals surface area contributed by atoms with Gasteiger partial charge in [-0.3, -0.25) is 0 Å². The molecule has 4 nitrogen and oxygen atoms in total. The zero-order valence-corrected chi connectivity index (χ0v) is 15.0. The highest BCUT2D eigenvalue weighted by Crippen LogP contribution is 2.42. The van der Waals surface area contributed by atoms with E-state index in [1.165, 1.54) is 18.2 Å². The molecule has 1 fully saturated rings. The highest BCUT2D eigenvalue weighted by Gasteiger charge is 2.36. The average molecular weight is 384 g/mol. The third kappa shape index (κ3) is 2.69. The molecule has 0 aromatic heterocycles. The Morgan fingerprint density at radius 1 is 1.04 bits per heavy atom. The molecule has 4 rings (SSSR count). The fourth-order valence-electron chi connectivity index (χ4n) is 3.38. The molecule has 1 N–H and O–H groups in total. The molecule has 24 heavy (non-hydrogen) atoms. The molecular formula is C17H15Cl2NO3S. The van der Waals surface area contributed by atoms with Crippen LogP contribution in [0.15, 0.2) is 46.2 Å². The second-order valence-corrected chi connectivity index (χ2v) is 8.89. The van der Waals surface area contributed by atoms with Gasteiger partial charge in [0.25, 0.3) is 0 Å². The topological polar surface area (TPSA) is 55.4 Å². The maximum Gasteiger partial charge on any atom is 0.206 e. The summed E-state index contributed by atoms with van der Waals surface area (Å²) in [6.45, 7) is 1.73. The van der Waals surface area contributed by atoms with E-state index in [-0.39, 0.29) is 25.9 Å². The van der Waals surface area contributed by atoms with Crippen LogP contribution in [0.2, 0.25) is 10.0 Å². The Morgan fingerprint density at radius 2 is 1.79 bits per heavy atom. The smallest absolute Gasteiger partial charge is 0.206 e. The highest BCUT2D eigenvalue weighted by atomic mass is 35.5. The molecule has 2 aliphatic heterocycles. The summed E-state index contributed by atoms with van der Waals surface area (Å²) >= 11 is 11.9. The second-order valence-electron chi connectivity index (χ2n) is 6.06. The maximum absolute atomic E-state index is 12.9. The first-order chi connectivity index (χ1) is 11.4. The Balaban J connectivity index is 1.75. The van der Waals surface area contributed by atoms with E-state index >= 15 is 0 Å². The maximum atomic E-state index is 12.9. The lowest BCUT2D eigenvalue weighted by Gasteiger charge is -2.24. The predicted octanol–water partition coefficient (Wildman–Crippen LogP) is 3.66. The number of hydrogen-bond acceptors (Lipinski definition) is 4. The van der Waals surface area contributed by atoms with Crippen molar-refractivity contribution in [1.82, 2.24) is 5.32 Å². The van der Waals surface area contributed by atoms with Crippen LogP contribution in [0.4, 0.5) is 0 Å². The molecule has 2 heterocycles. The van der Waals surface area contributed by atoms with Crippen LogP contribution in [-0.2, 0) is 9.84 Å². The van der Waals surface area contributed by atoms with E-state index in [1.54, 1.807) is 12.1 Å². The van der Waals surface area contributed by atoms with E-state index in [4.69, 9.17) is 27.9 Å². The minimum Gasteiger partial charge on any atom is -0.488 e. The number of piperidine rings is 1. The number of hydrogen-bond donors (Lipinski definition) is 1. The van der Waals surface area contributed by atoms with E-state index in [9.17, 15) is 8.42 Å². The summed E-state index contributed by atoms with van der Waals surface area (Å²) in [4.78, 5) is 0.267. The van der Waals surface area contributed by atoms with Crippen LogP contribution < -0.4 is 10.1 Å². The normalized spacial score (nSPS) is 22.6. The van der Waals surface area contributed by atoms with Crippen LogP contribution in [-0.4, -0.2) is 27.6 Å². The van der Waals surface area contributed by atoms with Crippen LogP contribution in [0.3, 0.4) is 0 Å². The third-order valence-electron chi connectivity index (χ3n) is 4.55. The van der Waals surface area contributed by atoms with Gasteiger partial charge in [-0.15, -0.1) is 0 Å². The van der Waals surface area contributed by atoms with Gasteiger partial charge in [0, 0.05) is 28.1 Å². The first-order valence-electron chi connectivity index (χ1n) is 7.68. The SMILES string of the molecule is O=S(=O)(c1cc(Cl)cc(Cl)c1)c1ccc2c(c1)OC1CNCCC21. The van der Waals surface area contributed by atoms with Crippen molar-refractivity contribution >= 4 is 33.0 Å². The summed E-state index contributed by atoms with van der Waals surface area (Å²) in [5.41, 5.74) is 1.09. The first-order valence-corrected chi connectivity index (χ1v) is 9.91. The van der Waals surface area contributed by atoms with Crippen LogP contribution in [0.1, 0.15) is 17.9 Å². The Hall–Kier alpha value is -1.27. The number of rotatable bonds is 2. The molecule has 0 aliphatic carbocycles. The van der Waals surface area contributed by atoms with Gasteiger partial charge >= 0.3 is 0 Å². The van der Waals surface area contributed by atoms with Crippen molar-refractivity contribution in [2.24, 2.45) is 0 Å². The summed E-state index contributed by atoms with van der Waals surface area (Å²) in [5.74, 6) is 0.988. The molecule has 2 aromatic carbocycles. The summed E-state index contributed by atoms with van der Waals surface area (Å²) < 4.78 is 31.7. The molecule has 0 bridgehead atoms. The Bertz CT molecular complexity index is 894. The zero-order chi connectivity index (χ0) is 16.9. The van der Waals surface area contributed by atoms with Gasteiger partial charge < -0.3 is 10.1 Å². The molecule has 0 amide bonds. The van der Waals surface area contributed by atoms with Crippen LogP contribution in [0.25, 0.3) is 0 Å². The quantitative estimate of drug-likeness (QED) is 0.859. The Kier molecular flexibility index (Phi) is 4.00. The molecule has 1 saturated heterocycles. The lowest BCUT2D eigenvalue weighted by atomic mass is 9.90. The van der Waals surface area contributed by atoms with Gasteiger partial charge in [0.2, 0.25) is 9.84 Å². The lowest BCUT2D eigenvalue weighted by Crippen LogP contribution is -2.39. The van der Waals surface area contributed by atoms with Gasteiger partial charge in [-0.2, -0.15) is 0 Å². The van der Waals surface area contributed by atoms with E-state index in [1.807, 2.05) is 6.07 Å². The fraction of sp³-hybridized carbons (Fsp3) is 0.294. The van der Waals surface area contributed by atoms with E-state index in [0.29, 0.717) is 11.7 Å². The largest absolute Gasteiger partial charge is 0.488 e. The van der Waals surface area contributed by atoms with Crippen molar-refractivity contribution in [3.05, 3.63) is 52.0 Å². The molecule has 0 saturated carbocycles. The van der Waals surface area contributed by atoms with Gasteiger partial charge in [-0.25, -0.2) is 8.42 Å². The number of nitrogens with one attached hydrogen (secondary N) is 1. The molecular weight excluding hydrogens is 369 g/mol. The summed E-state index contributed by atoms with van der Waals surface area (Å²) in [6, 6.07) is 9.42. The van der Waals surface area contributed by atoms with Crippen LogP contribution in [0.5, 0.6) is 5.75 Å². The lowest BCUT2D eigenvalue weighted by molar-refractivity contribution is 0.176. The van der Waals surface area contributed by atoms with Gasteiger partial charge in [0.1, 0.15) is 11.9 Å². The number of ether oxygens (including phenoxy) is 1. The van der Waals surface area contributed by atoms with Gasteiger partial charge in [-0.05, 0) is 43.3 Å². The summed E-state index contributed by atoms with van der Waals surface area (Å²) in [6.07, 6.45) is 1.07. The molecule has 2 unspecified atom stereocenters. The van der Waals surface area contributed by atoms with Crippen molar-refractivity contribution in [2.75, 3.05) is 13.1 Å². The van der Waals surface area contributed by atoms with Crippen molar-refractivity contribution in [2.45, 2.75) is 28.2 Å². The average Bonchev–Trinajstić information content (AvgIpc) is 2.91. The van der Waals surface area contributed by atoms with E-state index in [0.717, 1.165) is 25.1 Å². The van der Waals surface area contributed by atoms with Gasteiger partial charge in [0.05, 0.1) is 9.79 Å². The zero-order valence-electron chi connectivity index (χ0n) is 12.6. The molecule has 7 heteroatoms. The molecule has 2 aromatic rings. The monoisotopic (exact) mass is 383 g/mol. The fourth-order valence-corrected chi connectivity index (χ4v) is 5.38. The summed E-state index contributed by atoms with van der Waals surface area (Å²) in [5, 5.41) is 3.88. The van der Waals surface area contributed by atoms with E-state index in [2.05, 4.69) is 5.32 Å². The van der Waals surface area contributed by atoms with Crippen molar-refractivity contribution in [1.29, 1.82) is 0 Å². The molecule has 2 aliphatic rings. The Morgan fingerprint density at radius 3 is 2.54 bits per heavy atom. The molecule has 2 atom stereocenters. The molecule has 0 spiro atoms. The number of halogens is 2. The van der Waals surface area contributed by atoms with E-state index < -0.39 is 9.84 Å². The highest BCUT2D eigenvalue weighted by molar-refractivity contribution is 7.91. The third-order valence-corrected chi connectivity index (χ3v) is 6.71. The number of fused-ring (bicyclic) bond motifs is 3. The molecule has 126 valence electrons. The van der Waals surface area contributed by atoms with Gasteiger partial charge in [-0.1, -0.05) is 29.3 Å². The van der Waals surface area contributed by atoms with Crippen molar-refractivity contribution in [3.8, 4) is 5.75 Å². The van der Waals surface area contributed by atoms with Crippen LogP contribution in [0, 0.1) is 0 Å². The minimum atomic E-state index is -3.70. The predicted molar refractivity (Wildman–Crippen MR) is 93.0 cm³/mol. The summed E-state index contributed by atoms with van der Waals surface area (Å²) in [7, 11) is -3.70. The molecule has 0 radical (unpaired) electrons. The minimum absolute atomic E-state index is 0.0762. The first kappa shape index (κ1) is 16.2. The standard InChI is InChI=1S/C17H15Cl2NO3S/c18-10-5-11(19)7-13(6-10)24(21,22)12-1-2-14-15-3-4-20-9-17(15)23-16(14)8-12/h1-2,5-8,15,17,20H,3-4,9H2. The number of sulfone groups is 1. The number of benzene rings is 2. The van der Waals surface area contributed by atoms with Crippen molar-refractivity contribution < 1.29 is 13.2 Å².